The highest BCUT2D eigenvalue weighted by Gasteiger charge is 2.13. The number of aromatic nitrogens is 1. The lowest BCUT2D eigenvalue weighted by molar-refractivity contribution is -0.384. The van der Waals surface area contributed by atoms with E-state index in [1.807, 2.05) is 18.2 Å². The van der Waals surface area contributed by atoms with Gasteiger partial charge in [-0.1, -0.05) is 29.5 Å². The molecule has 0 fully saturated rings. The van der Waals surface area contributed by atoms with E-state index >= 15 is 0 Å². The van der Waals surface area contributed by atoms with Gasteiger partial charge < -0.3 is 14.0 Å². The van der Waals surface area contributed by atoms with Crippen LogP contribution >= 0.6 is 11.3 Å². The molecule has 27 heavy (non-hydrogen) atoms. The number of methoxy groups -OCH3 is 1. The topological polar surface area (TPSA) is 96.0 Å². The second-order valence-electron chi connectivity index (χ2n) is 5.55. The minimum absolute atomic E-state index is 0.0169. The normalized spacial score (nSPS) is 11.7. The number of nitrogens with zero attached hydrogens (tertiary/aromatic N) is 3. The minimum atomic E-state index is -0.451. The molecule has 1 aromatic heterocycles. The van der Waals surface area contributed by atoms with Crippen molar-refractivity contribution in [3.05, 3.63) is 63.4 Å². The summed E-state index contributed by atoms with van der Waals surface area (Å²) in [6.45, 7) is 0.614. The van der Waals surface area contributed by atoms with Crippen molar-refractivity contribution in [1.29, 1.82) is 0 Å². The average molecular weight is 387 g/mol. The Morgan fingerprint density at radius 3 is 2.74 bits per heavy atom. The molecule has 0 aliphatic carbocycles. The lowest BCUT2D eigenvalue weighted by Gasteiger charge is -2.05. The number of nitro groups is 1. The fraction of sp³-hybridized carbons (Fsp3) is 0.222. The Kier molecular flexibility index (Phi) is 5.94. The van der Waals surface area contributed by atoms with E-state index in [9.17, 15) is 14.9 Å². The first-order valence-corrected chi connectivity index (χ1v) is 8.92. The molecule has 0 atom stereocenters. The molecule has 1 heterocycles. The fourth-order valence-electron chi connectivity index (χ4n) is 2.46. The number of carbonyl (C=O) groups is 1. The molecule has 2 aromatic carbocycles. The molecule has 1 amide bonds. The van der Waals surface area contributed by atoms with E-state index < -0.39 is 10.8 Å². The van der Waals surface area contributed by atoms with Crippen molar-refractivity contribution >= 4 is 33.1 Å². The monoisotopic (exact) mass is 387 g/mol. The molecular formula is C18H17N3O5S. The third-order valence-corrected chi connectivity index (χ3v) is 4.78. The number of rotatable bonds is 7. The highest BCUT2D eigenvalue weighted by molar-refractivity contribution is 7.16. The first-order valence-electron chi connectivity index (χ1n) is 8.10. The summed E-state index contributed by atoms with van der Waals surface area (Å²) in [6.07, 6.45) is 0. The Balaban J connectivity index is 1.92. The van der Waals surface area contributed by atoms with Crippen LogP contribution in [0.4, 0.5) is 5.69 Å². The van der Waals surface area contributed by atoms with Gasteiger partial charge in [-0.2, -0.15) is 4.99 Å². The number of amides is 1. The summed E-state index contributed by atoms with van der Waals surface area (Å²) >= 11 is 1.29. The van der Waals surface area contributed by atoms with Crippen LogP contribution in [0.3, 0.4) is 0 Å². The average Bonchev–Trinajstić information content (AvgIpc) is 3.01. The number of hydrogen-bond donors (Lipinski definition) is 0. The maximum atomic E-state index is 12.2. The lowest BCUT2D eigenvalue weighted by atomic mass is 10.3. The number of non-ortho nitro benzene ring substituents is 1. The molecule has 0 N–H and O–H groups in total. The highest BCUT2D eigenvalue weighted by atomic mass is 32.1. The van der Waals surface area contributed by atoms with Gasteiger partial charge in [-0.05, 0) is 18.2 Å². The predicted molar refractivity (Wildman–Crippen MR) is 101 cm³/mol. The van der Waals surface area contributed by atoms with E-state index in [2.05, 4.69) is 4.99 Å². The third kappa shape index (κ3) is 4.57. The number of thiazole rings is 1. The Morgan fingerprint density at radius 1 is 1.26 bits per heavy atom. The molecule has 0 saturated carbocycles. The maximum Gasteiger partial charge on any atom is 0.286 e. The van der Waals surface area contributed by atoms with Gasteiger partial charge in [-0.15, -0.1) is 0 Å². The quantitative estimate of drug-likeness (QED) is 0.459. The Bertz CT molecular complexity index is 1030. The largest absolute Gasteiger partial charge is 0.484 e. The lowest BCUT2D eigenvalue weighted by Crippen LogP contribution is -2.21. The minimum Gasteiger partial charge on any atom is -0.484 e. The molecule has 0 aliphatic heterocycles. The van der Waals surface area contributed by atoms with E-state index in [1.165, 1.54) is 23.5 Å². The van der Waals surface area contributed by atoms with Crippen molar-refractivity contribution in [2.24, 2.45) is 4.99 Å². The van der Waals surface area contributed by atoms with Gasteiger partial charge in [0.2, 0.25) is 0 Å². The first-order chi connectivity index (χ1) is 13.1. The van der Waals surface area contributed by atoms with Gasteiger partial charge in [0, 0.05) is 25.8 Å². The van der Waals surface area contributed by atoms with Crippen LogP contribution in [-0.4, -0.2) is 35.7 Å². The van der Waals surface area contributed by atoms with Gasteiger partial charge in [-0.3, -0.25) is 14.9 Å². The summed E-state index contributed by atoms with van der Waals surface area (Å²) in [6, 6.07) is 13.6. The second kappa shape index (κ2) is 8.56. The zero-order valence-corrected chi connectivity index (χ0v) is 15.3. The van der Waals surface area contributed by atoms with Gasteiger partial charge in [0.15, 0.2) is 11.4 Å². The number of benzene rings is 2. The Morgan fingerprint density at radius 2 is 2.04 bits per heavy atom. The van der Waals surface area contributed by atoms with Crippen LogP contribution in [0.5, 0.6) is 5.75 Å². The summed E-state index contributed by atoms with van der Waals surface area (Å²) in [5.74, 6) is 0.145. The number of carbonyl (C=O) groups excluding carboxylic acids is 1. The summed E-state index contributed by atoms with van der Waals surface area (Å²) in [7, 11) is 1.56. The van der Waals surface area contributed by atoms with Crippen LogP contribution < -0.4 is 9.54 Å². The number of nitro benzene ring substituents is 1. The van der Waals surface area contributed by atoms with E-state index in [0.29, 0.717) is 29.2 Å². The maximum absolute atomic E-state index is 12.2. The molecule has 0 saturated heterocycles. The van der Waals surface area contributed by atoms with Crippen LogP contribution in [0.1, 0.15) is 0 Å². The van der Waals surface area contributed by atoms with Crippen LogP contribution in [0, 0.1) is 10.1 Å². The molecule has 0 spiro atoms. The standard InChI is InChI=1S/C18H17N3O5S/c1-25-10-9-20-15-11-13(21(23)24)7-8-16(15)27-18(20)19-17(22)12-26-14-5-3-2-4-6-14/h2-8,11H,9-10,12H2,1H3. The SMILES string of the molecule is COCCn1c(=NC(=O)COc2ccccc2)sc2ccc([N+](=O)[O-])cc21. The van der Waals surface area contributed by atoms with Crippen LogP contribution in [-0.2, 0) is 16.1 Å². The molecule has 8 nitrogen and oxygen atoms in total. The molecule has 140 valence electrons. The van der Waals surface area contributed by atoms with Crippen molar-refractivity contribution in [2.45, 2.75) is 6.54 Å². The fourth-order valence-corrected chi connectivity index (χ4v) is 3.51. The predicted octanol–water partition coefficient (Wildman–Crippen LogP) is 2.76. The van der Waals surface area contributed by atoms with Crippen LogP contribution in [0.15, 0.2) is 53.5 Å². The van der Waals surface area contributed by atoms with Crippen molar-refractivity contribution in [3.8, 4) is 5.75 Å². The Hall–Kier alpha value is -3.04. The van der Waals surface area contributed by atoms with Gasteiger partial charge >= 0.3 is 0 Å². The van der Waals surface area contributed by atoms with Crippen molar-refractivity contribution in [3.63, 3.8) is 0 Å². The number of fused-ring (bicyclic) bond motifs is 1. The zero-order valence-electron chi connectivity index (χ0n) is 14.5. The third-order valence-electron chi connectivity index (χ3n) is 3.72. The van der Waals surface area contributed by atoms with Gasteiger partial charge in [-0.25, -0.2) is 0 Å². The number of ether oxygens (including phenoxy) is 2. The Labute approximate surface area is 158 Å². The molecule has 3 aromatic rings. The summed E-state index contributed by atoms with van der Waals surface area (Å²) in [5.41, 5.74) is 0.624. The van der Waals surface area contributed by atoms with Gasteiger partial charge in [0.05, 0.1) is 21.7 Å². The second-order valence-corrected chi connectivity index (χ2v) is 6.55. The first kappa shape index (κ1) is 18.7. The smallest absolute Gasteiger partial charge is 0.286 e. The van der Waals surface area contributed by atoms with Crippen molar-refractivity contribution < 1.29 is 19.2 Å². The van der Waals surface area contributed by atoms with E-state index in [1.54, 1.807) is 29.9 Å². The van der Waals surface area contributed by atoms with Crippen molar-refractivity contribution in [2.75, 3.05) is 20.3 Å². The summed E-state index contributed by atoms with van der Waals surface area (Å²) in [4.78, 5) is 27.4. The highest BCUT2D eigenvalue weighted by Crippen LogP contribution is 2.23. The molecule has 0 bridgehead atoms. The summed E-state index contributed by atoms with van der Waals surface area (Å²) in [5, 5.41) is 11.1. The van der Waals surface area contributed by atoms with E-state index in [0.717, 1.165) is 4.70 Å². The van der Waals surface area contributed by atoms with Crippen LogP contribution in [0.25, 0.3) is 10.2 Å². The zero-order chi connectivity index (χ0) is 19.2. The van der Waals surface area contributed by atoms with Gasteiger partial charge in [0.25, 0.3) is 11.6 Å². The summed E-state index contributed by atoms with van der Waals surface area (Å²) < 4.78 is 13.1. The van der Waals surface area contributed by atoms with E-state index in [-0.39, 0.29) is 12.3 Å². The molecule has 0 aliphatic rings. The number of para-hydroxylation sites is 1. The number of hydrogen-bond acceptors (Lipinski definition) is 6. The molecule has 0 radical (unpaired) electrons. The van der Waals surface area contributed by atoms with Crippen molar-refractivity contribution in [1.82, 2.24) is 4.57 Å². The molecular weight excluding hydrogens is 370 g/mol. The van der Waals surface area contributed by atoms with E-state index in [4.69, 9.17) is 9.47 Å². The molecule has 3 rings (SSSR count). The van der Waals surface area contributed by atoms with Gasteiger partial charge in [0.1, 0.15) is 5.75 Å². The van der Waals surface area contributed by atoms with Crippen LogP contribution in [0.2, 0.25) is 0 Å². The molecule has 0 unspecified atom stereocenters. The molecule has 9 heteroatoms.